The van der Waals surface area contributed by atoms with Gasteiger partial charge in [0.15, 0.2) is 11.5 Å². The number of nitriles is 1. The van der Waals surface area contributed by atoms with Gasteiger partial charge in [-0.05, 0) is 18.2 Å². The molecule has 0 atom stereocenters. The number of carbonyl (C=O) groups is 1. The van der Waals surface area contributed by atoms with Crippen LogP contribution < -0.4 is 20.5 Å². The van der Waals surface area contributed by atoms with Crippen LogP contribution in [0.3, 0.4) is 0 Å². The Morgan fingerprint density at radius 2 is 1.82 bits per heavy atom. The molecule has 2 aromatic rings. The van der Waals surface area contributed by atoms with Crippen molar-refractivity contribution in [3.05, 3.63) is 47.5 Å². The molecule has 0 unspecified atom stereocenters. The van der Waals surface area contributed by atoms with Gasteiger partial charge in [-0.15, -0.1) is 0 Å². The van der Waals surface area contributed by atoms with Crippen molar-refractivity contribution in [1.29, 1.82) is 5.26 Å². The van der Waals surface area contributed by atoms with Crippen molar-refractivity contribution in [1.82, 2.24) is 0 Å². The molecule has 0 aliphatic heterocycles. The molecular weight excluding hydrogens is 282 g/mol. The summed E-state index contributed by atoms with van der Waals surface area (Å²) in [5.74, 6) is 0.408. The van der Waals surface area contributed by atoms with Gasteiger partial charge in [0.2, 0.25) is 0 Å². The van der Waals surface area contributed by atoms with Gasteiger partial charge in [0, 0.05) is 11.8 Å². The van der Waals surface area contributed by atoms with E-state index in [0.29, 0.717) is 22.7 Å². The molecule has 0 saturated heterocycles. The second-order valence-electron chi connectivity index (χ2n) is 4.41. The number of hydrogen-bond donors (Lipinski definition) is 2. The van der Waals surface area contributed by atoms with Crippen molar-refractivity contribution in [2.75, 3.05) is 25.3 Å². The fraction of sp³-hybridized carbons (Fsp3) is 0.125. The zero-order valence-electron chi connectivity index (χ0n) is 12.2. The Hall–Kier alpha value is -3.20. The van der Waals surface area contributed by atoms with E-state index >= 15 is 0 Å². The van der Waals surface area contributed by atoms with E-state index in [1.165, 1.54) is 26.4 Å². The first-order valence-electron chi connectivity index (χ1n) is 6.42. The Morgan fingerprint density at radius 1 is 1.18 bits per heavy atom. The minimum absolute atomic E-state index is 0.241. The zero-order valence-corrected chi connectivity index (χ0v) is 12.2. The summed E-state index contributed by atoms with van der Waals surface area (Å²) in [7, 11) is 2.96. The second-order valence-corrected chi connectivity index (χ2v) is 4.41. The first-order chi connectivity index (χ1) is 10.6. The lowest BCUT2D eigenvalue weighted by Gasteiger charge is -2.13. The van der Waals surface area contributed by atoms with Crippen LogP contribution in [0, 0.1) is 11.3 Å². The summed E-state index contributed by atoms with van der Waals surface area (Å²) < 4.78 is 10.3. The fourth-order valence-electron chi connectivity index (χ4n) is 1.97. The van der Waals surface area contributed by atoms with Crippen LogP contribution in [0.2, 0.25) is 0 Å². The third kappa shape index (κ3) is 2.94. The van der Waals surface area contributed by atoms with Gasteiger partial charge in [0.05, 0.1) is 31.0 Å². The Bertz CT molecular complexity index is 751. The summed E-state index contributed by atoms with van der Waals surface area (Å²) in [6, 6.07) is 11.8. The van der Waals surface area contributed by atoms with E-state index in [-0.39, 0.29) is 11.3 Å². The third-order valence-electron chi connectivity index (χ3n) is 3.10. The molecule has 0 radical (unpaired) electrons. The van der Waals surface area contributed by atoms with E-state index in [0.717, 1.165) is 0 Å². The van der Waals surface area contributed by atoms with E-state index < -0.39 is 5.91 Å². The van der Waals surface area contributed by atoms with Crippen LogP contribution in [0.25, 0.3) is 0 Å². The summed E-state index contributed by atoms with van der Waals surface area (Å²) in [5.41, 5.74) is 7.17. The molecule has 2 rings (SSSR count). The Kier molecular flexibility index (Phi) is 4.49. The van der Waals surface area contributed by atoms with E-state index in [1.54, 1.807) is 24.3 Å². The summed E-state index contributed by atoms with van der Waals surface area (Å²) in [4.78, 5) is 12.4. The SMILES string of the molecule is COc1cc(N)c(C(=O)Nc2ccccc2C#N)cc1OC. The zero-order chi connectivity index (χ0) is 16.1. The van der Waals surface area contributed by atoms with Crippen LogP contribution >= 0.6 is 0 Å². The fourth-order valence-corrected chi connectivity index (χ4v) is 1.97. The minimum Gasteiger partial charge on any atom is -0.493 e. The molecule has 0 aromatic heterocycles. The molecule has 0 aliphatic carbocycles. The first-order valence-corrected chi connectivity index (χ1v) is 6.42. The van der Waals surface area contributed by atoms with Gasteiger partial charge in [0.25, 0.3) is 5.91 Å². The van der Waals surface area contributed by atoms with Gasteiger partial charge in [-0.25, -0.2) is 0 Å². The maximum absolute atomic E-state index is 12.4. The molecule has 0 spiro atoms. The van der Waals surface area contributed by atoms with Crippen molar-refractivity contribution in [2.45, 2.75) is 0 Å². The van der Waals surface area contributed by atoms with Gasteiger partial charge < -0.3 is 20.5 Å². The van der Waals surface area contributed by atoms with Crippen LogP contribution in [0.4, 0.5) is 11.4 Å². The predicted molar refractivity (Wildman–Crippen MR) is 83.1 cm³/mol. The molecule has 6 nitrogen and oxygen atoms in total. The van der Waals surface area contributed by atoms with Crippen molar-refractivity contribution >= 4 is 17.3 Å². The number of nitrogens with zero attached hydrogens (tertiary/aromatic N) is 1. The number of nitrogens with one attached hydrogen (secondary N) is 1. The number of nitrogen functional groups attached to an aromatic ring is 1. The molecule has 22 heavy (non-hydrogen) atoms. The molecule has 2 aromatic carbocycles. The van der Waals surface area contributed by atoms with Gasteiger partial charge in [0.1, 0.15) is 6.07 Å². The lowest BCUT2D eigenvalue weighted by molar-refractivity contribution is 0.102. The number of anilines is 2. The van der Waals surface area contributed by atoms with Crippen LogP contribution in [-0.2, 0) is 0 Å². The molecule has 0 bridgehead atoms. The highest BCUT2D eigenvalue weighted by Crippen LogP contribution is 2.32. The largest absolute Gasteiger partial charge is 0.493 e. The average molecular weight is 297 g/mol. The monoisotopic (exact) mass is 297 g/mol. The van der Waals surface area contributed by atoms with Gasteiger partial charge in [-0.3, -0.25) is 4.79 Å². The quantitative estimate of drug-likeness (QED) is 0.844. The predicted octanol–water partition coefficient (Wildman–Crippen LogP) is 2.41. The molecule has 1 amide bonds. The van der Waals surface area contributed by atoms with Crippen LogP contribution in [-0.4, -0.2) is 20.1 Å². The molecule has 0 saturated carbocycles. The normalized spacial score (nSPS) is 9.68. The van der Waals surface area contributed by atoms with Crippen molar-refractivity contribution in [3.63, 3.8) is 0 Å². The Morgan fingerprint density at radius 3 is 2.45 bits per heavy atom. The van der Waals surface area contributed by atoms with E-state index in [9.17, 15) is 4.79 Å². The molecule has 0 aliphatic rings. The topological polar surface area (TPSA) is 97.4 Å². The number of para-hydroxylation sites is 1. The molecule has 3 N–H and O–H groups in total. The minimum atomic E-state index is -0.429. The molecule has 112 valence electrons. The van der Waals surface area contributed by atoms with Gasteiger partial charge in [-0.1, -0.05) is 12.1 Å². The highest BCUT2D eigenvalue weighted by atomic mass is 16.5. The van der Waals surface area contributed by atoms with E-state index in [4.69, 9.17) is 20.5 Å². The third-order valence-corrected chi connectivity index (χ3v) is 3.10. The first kappa shape index (κ1) is 15.2. The van der Waals surface area contributed by atoms with E-state index in [1.807, 2.05) is 6.07 Å². The number of benzene rings is 2. The van der Waals surface area contributed by atoms with Crippen molar-refractivity contribution in [2.24, 2.45) is 0 Å². The average Bonchev–Trinajstić information content (AvgIpc) is 2.54. The maximum Gasteiger partial charge on any atom is 0.257 e. The van der Waals surface area contributed by atoms with Crippen LogP contribution in [0.5, 0.6) is 11.5 Å². The van der Waals surface area contributed by atoms with E-state index in [2.05, 4.69) is 5.32 Å². The highest BCUT2D eigenvalue weighted by Gasteiger charge is 2.16. The Labute approximate surface area is 128 Å². The molecular formula is C16H15N3O3. The summed E-state index contributed by atoms with van der Waals surface area (Å²) >= 11 is 0. The number of hydrogen-bond acceptors (Lipinski definition) is 5. The number of rotatable bonds is 4. The van der Waals surface area contributed by atoms with Gasteiger partial charge in [-0.2, -0.15) is 5.26 Å². The van der Waals surface area contributed by atoms with Crippen molar-refractivity contribution in [3.8, 4) is 17.6 Å². The Balaban J connectivity index is 2.36. The molecule has 6 heteroatoms. The summed E-state index contributed by atoms with van der Waals surface area (Å²) in [6.45, 7) is 0. The maximum atomic E-state index is 12.4. The van der Waals surface area contributed by atoms with Crippen molar-refractivity contribution < 1.29 is 14.3 Å². The number of carbonyl (C=O) groups excluding carboxylic acids is 1. The summed E-state index contributed by atoms with van der Waals surface area (Å²) in [5, 5.41) is 11.7. The smallest absolute Gasteiger partial charge is 0.257 e. The summed E-state index contributed by atoms with van der Waals surface area (Å²) in [6.07, 6.45) is 0. The van der Waals surface area contributed by atoms with Crippen LogP contribution in [0.15, 0.2) is 36.4 Å². The van der Waals surface area contributed by atoms with Gasteiger partial charge >= 0.3 is 0 Å². The number of methoxy groups -OCH3 is 2. The number of nitrogens with two attached hydrogens (primary N) is 1. The second kappa shape index (κ2) is 6.50. The number of ether oxygens (including phenoxy) is 2. The molecule has 0 heterocycles. The van der Waals surface area contributed by atoms with Crippen LogP contribution in [0.1, 0.15) is 15.9 Å². The lowest BCUT2D eigenvalue weighted by atomic mass is 10.1. The highest BCUT2D eigenvalue weighted by molar-refractivity contribution is 6.08. The molecule has 0 fully saturated rings. The standard InChI is InChI=1S/C16H15N3O3/c1-21-14-7-11(12(18)8-15(14)22-2)16(20)19-13-6-4-3-5-10(13)9-17/h3-8H,18H2,1-2H3,(H,19,20). The number of amides is 1. The lowest BCUT2D eigenvalue weighted by Crippen LogP contribution is -2.15.